The molecule has 106 valence electrons. The van der Waals surface area contributed by atoms with Crippen LogP contribution in [0.1, 0.15) is 27.9 Å². The van der Waals surface area contributed by atoms with Crippen molar-refractivity contribution in [2.45, 2.75) is 13.3 Å². The highest BCUT2D eigenvalue weighted by atomic mass is 16.2. The third-order valence-corrected chi connectivity index (χ3v) is 2.64. The van der Waals surface area contributed by atoms with Gasteiger partial charge in [-0.15, -0.1) is 0 Å². The standard InChI is InChI=1S/C15H18N2O3/c1-11-5-6-12(4-3-9-18)13(10-11)15(20)17-8-7-14(19)16-2/h5-6,10,18H,7-9H2,1-2H3,(H,16,19)(H,17,20). The molecule has 3 N–H and O–H groups in total. The van der Waals surface area contributed by atoms with Gasteiger partial charge >= 0.3 is 0 Å². The summed E-state index contributed by atoms with van der Waals surface area (Å²) in [6.45, 7) is 1.88. The normalized spacial score (nSPS) is 9.35. The molecule has 0 heterocycles. The van der Waals surface area contributed by atoms with Crippen LogP contribution in [-0.4, -0.2) is 37.1 Å². The highest BCUT2D eigenvalue weighted by molar-refractivity contribution is 5.97. The summed E-state index contributed by atoms with van der Waals surface area (Å²) in [5.41, 5.74) is 1.95. The quantitative estimate of drug-likeness (QED) is 0.687. The second-order valence-corrected chi connectivity index (χ2v) is 4.19. The molecule has 1 rings (SSSR count). The molecule has 0 bridgehead atoms. The molecule has 0 aliphatic carbocycles. The Labute approximate surface area is 118 Å². The molecular weight excluding hydrogens is 256 g/mol. The topological polar surface area (TPSA) is 78.4 Å². The molecule has 5 heteroatoms. The first-order valence-electron chi connectivity index (χ1n) is 6.27. The van der Waals surface area contributed by atoms with Crippen molar-refractivity contribution in [3.63, 3.8) is 0 Å². The van der Waals surface area contributed by atoms with Gasteiger partial charge < -0.3 is 15.7 Å². The lowest BCUT2D eigenvalue weighted by atomic mass is 10.0. The highest BCUT2D eigenvalue weighted by Crippen LogP contribution is 2.10. The Balaban J connectivity index is 2.80. The summed E-state index contributed by atoms with van der Waals surface area (Å²) < 4.78 is 0. The van der Waals surface area contributed by atoms with Gasteiger partial charge in [0, 0.05) is 25.6 Å². The SMILES string of the molecule is CNC(=O)CCNC(=O)c1cc(C)ccc1C#CCO. The Morgan fingerprint density at radius 2 is 2.10 bits per heavy atom. The smallest absolute Gasteiger partial charge is 0.252 e. The molecule has 20 heavy (non-hydrogen) atoms. The fourth-order valence-corrected chi connectivity index (χ4v) is 1.60. The van der Waals surface area contributed by atoms with Crippen LogP contribution in [0.15, 0.2) is 18.2 Å². The molecule has 0 spiro atoms. The number of carbonyl (C=O) groups is 2. The lowest BCUT2D eigenvalue weighted by molar-refractivity contribution is -0.120. The third-order valence-electron chi connectivity index (χ3n) is 2.64. The highest BCUT2D eigenvalue weighted by Gasteiger charge is 2.10. The van der Waals surface area contributed by atoms with E-state index in [-0.39, 0.29) is 31.4 Å². The molecule has 0 fully saturated rings. The Bertz CT molecular complexity index is 556. The van der Waals surface area contributed by atoms with E-state index >= 15 is 0 Å². The van der Waals surface area contributed by atoms with E-state index < -0.39 is 0 Å². The third kappa shape index (κ3) is 4.75. The minimum absolute atomic E-state index is 0.130. The van der Waals surface area contributed by atoms with Gasteiger partial charge in [-0.3, -0.25) is 9.59 Å². The number of carbonyl (C=O) groups excluding carboxylic acids is 2. The van der Waals surface area contributed by atoms with Crippen LogP contribution in [0.2, 0.25) is 0 Å². The van der Waals surface area contributed by atoms with Crippen LogP contribution in [-0.2, 0) is 4.79 Å². The van der Waals surface area contributed by atoms with E-state index in [4.69, 9.17) is 5.11 Å². The minimum Gasteiger partial charge on any atom is -0.384 e. The number of hydrogen-bond acceptors (Lipinski definition) is 3. The van der Waals surface area contributed by atoms with Crippen LogP contribution in [0, 0.1) is 18.8 Å². The van der Waals surface area contributed by atoms with E-state index in [0.717, 1.165) is 5.56 Å². The van der Waals surface area contributed by atoms with Crippen LogP contribution in [0.5, 0.6) is 0 Å². The molecular formula is C15H18N2O3. The van der Waals surface area contributed by atoms with Gasteiger partial charge in [-0.25, -0.2) is 0 Å². The maximum Gasteiger partial charge on any atom is 0.252 e. The number of aryl methyl sites for hydroxylation is 1. The van der Waals surface area contributed by atoms with E-state index in [9.17, 15) is 9.59 Å². The Hall–Kier alpha value is -2.32. The van der Waals surface area contributed by atoms with E-state index in [0.29, 0.717) is 11.1 Å². The molecule has 0 aliphatic heterocycles. The largest absolute Gasteiger partial charge is 0.384 e. The van der Waals surface area contributed by atoms with Gasteiger partial charge in [0.15, 0.2) is 0 Å². The van der Waals surface area contributed by atoms with Crippen molar-refractivity contribution >= 4 is 11.8 Å². The monoisotopic (exact) mass is 274 g/mol. The van der Waals surface area contributed by atoms with Crippen LogP contribution >= 0.6 is 0 Å². The summed E-state index contributed by atoms with van der Waals surface area (Å²) in [7, 11) is 1.55. The van der Waals surface area contributed by atoms with Crippen molar-refractivity contribution in [1.29, 1.82) is 0 Å². The molecule has 0 radical (unpaired) electrons. The zero-order valence-electron chi connectivity index (χ0n) is 11.6. The van der Waals surface area contributed by atoms with Crippen LogP contribution in [0.25, 0.3) is 0 Å². The van der Waals surface area contributed by atoms with Crippen molar-refractivity contribution in [3.05, 3.63) is 34.9 Å². The second kappa shape index (κ2) is 7.97. The Kier molecular flexibility index (Phi) is 6.27. The molecule has 5 nitrogen and oxygen atoms in total. The summed E-state index contributed by atoms with van der Waals surface area (Å²) >= 11 is 0. The summed E-state index contributed by atoms with van der Waals surface area (Å²) in [4.78, 5) is 23.2. The predicted molar refractivity (Wildman–Crippen MR) is 76.2 cm³/mol. The van der Waals surface area contributed by atoms with Crippen LogP contribution < -0.4 is 10.6 Å². The van der Waals surface area contributed by atoms with Crippen molar-refractivity contribution < 1.29 is 14.7 Å². The first-order chi connectivity index (χ1) is 9.58. The van der Waals surface area contributed by atoms with E-state index in [2.05, 4.69) is 22.5 Å². The van der Waals surface area contributed by atoms with Gasteiger partial charge in [-0.05, 0) is 19.1 Å². The predicted octanol–water partition coefficient (Wildman–Crippen LogP) is 0.205. The average molecular weight is 274 g/mol. The summed E-state index contributed by atoms with van der Waals surface area (Å²) in [6.07, 6.45) is 0.228. The molecule has 0 saturated carbocycles. The fourth-order valence-electron chi connectivity index (χ4n) is 1.60. The van der Waals surface area contributed by atoms with Gasteiger partial charge in [0.05, 0.1) is 5.56 Å². The number of rotatable bonds is 4. The van der Waals surface area contributed by atoms with Crippen LogP contribution in [0.4, 0.5) is 0 Å². The summed E-state index contributed by atoms with van der Waals surface area (Å²) in [6, 6.07) is 5.32. The molecule has 0 unspecified atom stereocenters. The molecule has 0 saturated heterocycles. The number of nitrogens with one attached hydrogen (secondary N) is 2. The summed E-state index contributed by atoms with van der Waals surface area (Å²) in [5.74, 6) is 4.86. The Morgan fingerprint density at radius 1 is 1.35 bits per heavy atom. The number of aliphatic hydroxyl groups excluding tert-OH is 1. The Morgan fingerprint density at radius 3 is 2.75 bits per heavy atom. The number of aliphatic hydroxyl groups is 1. The zero-order valence-corrected chi connectivity index (χ0v) is 11.6. The fraction of sp³-hybridized carbons (Fsp3) is 0.333. The van der Waals surface area contributed by atoms with Crippen molar-refractivity contribution in [2.24, 2.45) is 0 Å². The first kappa shape index (κ1) is 15.7. The lowest BCUT2D eigenvalue weighted by Crippen LogP contribution is -2.29. The van der Waals surface area contributed by atoms with Crippen molar-refractivity contribution in [1.82, 2.24) is 10.6 Å². The summed E-state index contributed by atoms with van der Waals surface area (Å²) in [5, 5.41) is 13.9. The van der Waals surface area contributed by atoms with Gasteiger partial charge in [-0.1, -0.05) is 23.5 Å². The van der Waals surface area contributed by atoms with Gasteiger partial charge in [0.25, 0.3) is 5.91 Å². The van der Waals surface area contributed by atoms with E-state index in [1.807, 2.05) is 13.0 Å². The van der Waals surface area contributed by atoms with Gasteiger partial charge in [0.2, 0.25) is 5.91 Å². The molecule has 2 amide bonds. The number of hydrogen-bond donors (Lipinski definition) is 3. The molecule has 0 aliphatic rings. The maximum atomic E-state index is 12.1. The molecule has 0 aromatic heterocycles. The maximum absolute atomic E-state index is 12.1. The molecule has 1 aromatic carbocycles. The number of benzene rings is 1. The van der Waals surface area contributed by atoms with Gasteiger partial charge in [0.1, 0.15) is 6.61 Å². The zero-order chi connectivity index (χ0) is 15.0. The molecule has 1 aromatic rings. The van der Waals surface area contributed by atoms with Gasteiger partial charge in [-0.2, -0.15) is 0 Å². The average Bonchev–Trinajstić information content (AvgIpc) is 2.45. The van der Waals surface area contributed by atoms with Crippen molar-refractivity contribution in [2.75, 3.05) is 20.2 Å². The van der Waals surface area contributed by atoms with Crippen LogP contribution in [0.3, 0.4) is 0 Å². The second-order valence-electron chi connectivity index (χ2n) is 4.19. The molecule has 0 atom stereocenters. The number of amides is 2. The minimum atomic E-state index is -0.278. The van der Waals surface area contributed by atoms with E-state index in [1.165, 1.54) is 0 Å². The lowest BCUT2D eigenvalue weighted by Gasteiger charge is -2.07. The van der Waals surface area contributed by atoms with E-state index in [1.54, 1.807) is 19.2 Å². The first-order valence-corrected chi connectivity index (χ1v) is 6.27. The van der Waals surface area contributed by atoms with Crippen molar-refractivity contribution in [3.8, 4) is 11.8 Å².